The van der Waals surface area contributed by atoms with Crippen LogP contribution in [-0.2, 0) is 23.0 Å². The Bertz CT molecular complexity index is 1030. The van der Waals surface area contributed by atoms with E-state index < -0.39 is 10.0 Å². The van der Waals surface area contributed by atoms with Gasteiger partial charge in [0.25, 0.3) is 0 Å². The zero-order valence-corrected chi connectivity index (χ0v) is 16.8. The quantitative estimate of drug-likeness (QED) is 0.648. The van der Waals surface area contributed by atoms with Crippen LogP contribution >= 0.6 is 11.6 Å². The Kier molecular flexibility index (Phi) is 5.55. The Labute approximate surface area is 170 Å². The van der Waals surface area contributed by atoms with Crippen LogP contribution in [0.25, 0.3) is 0 Å². The van der Waals surface area contributed by atoms with Crippen molar-refractivity contribution in [3.63, 3.8) is 0 Å². The monoisotopic (exact) mass is 417 g/mol. The molecular weight excluding hydrogens is 396 g/mol. The van der Waals surface area contributed by atoms with Gasteiger partial charge < -0.3 is 9.32 Å². The summed E-state index contributed by atoms with van der Waals surface area (Å²) in [7, 11) is -3.63. The molecule has 2 atom stereocenters. The fraction of sp³-hybridized carbons (Fsp3) is 0.238. The third kappa shape index (κ3) is 4.15. The summed E-state index contributed by atoms with van der Waals surface area (Å²) in [5, 5.41) is 0.504. The highest BCUT2D eigenvalue weighted by molar-refractivity contribution is 7.89. The molecule has 1 aliphatic rings. The van der Waals surface area contributed by atoms with E-state index in [0.29, 0.717) is 5.02 Å². The number of benzene rings is 2. The van der Waals surface area contributed by atoms with Gasteiger partial charge in [-0.15, -0.1) is 0 Å². The molecule has 7 heteroatoms. The largest absolute Gasteiger partial charge is 0.463 e. The van der Waals surface area contributed by atoms with Crippen molar-refractivity contribution in [2.75, 3.05) is 13.1 Å². The van der Waals surface area contributed by atoms with Gasteiger partial charge in [0, 0.05) is 17.0 Å². The van der Waals surface area contributed by atoms with Gasteiger partial charge >= 0.3 is 0 Å². The van der Waals surface area contributed by atoms with Crippen LogP contribution in [0.3, 0.4) is 0 Å². The molecule has 0 spiro atoms. The van der Waals surface area contributed by atoms with Crippen LogP contribution in [0.1, 0.15) is 22.9 Å². The molecule has 1 aliphatic heterocycles. The molecule has 5 nitrogen and oxygen atoms in total. The Morgan fingerprint density at radius 3 is 2.50 bits per heavy atom. The average Bonchev–Trinajstić information content (AvgIpc) is 3.23. The second-order valence-corrected chi connectivity index (χ2v) is 9.18. The molecule has 0 saturated heterocycles. The molecular formula is C21H22ClN2O3S+. The van der Waals surface area contributed by atoms with Gasteiger partial charge in [-0.1, -0.05) is 35.9 Å². The van der Waals surface area contributed by atoms with Crippen molar-refractivity contribution in [3.05, 3.63) is 88.8 Å². The number of rotatable bonds is 6. The van der Waals surface area contributed by atoms with E-state index in [2.05, 4.69) is 22.9 Å². The molecule has 2 heterocycles. The van der Waals surface area contributed by atoms with Crippen LogP contribution in [-0.4, -0.2) is 21.5 Å². The van der Waals surface area contributed by atoms with Crippen molar-refractivity contribution in [1.82, 2.24) is 4.72 Å². The first kappa shape index (κ1) is 19.2. The summed E-state index contributed by atoms with van der Waals surface area (Å²) in [5.74, 6) is 0.785. The minimum atomic E-state index is -3.63. The topological polar surface area (TPSA) is 63.8 Å². The lowest BCUT2D eigenvalue weighted by atomic mass is 9.98. The van der Waals surface area contributed by atoms with E-state index in [1.165, 1.54) is 28.2 Å². The van der Waals surface area contributed by atoms with Gasteiger partial charge in [0.15, 0.2) is 11.8 Å². The summed E-state index contributed by atoms with van der Waals surface area (Å²) in [4.78, 5) is 1.49. The van der Waals surface area contributed by atoms with Gasteiger partial charge in [-0.25, -0.2) is 13.1 Å². The predicted molar refractivity (Wildman–Crippen MR) is 108 cm³/mol. The normalized spacial score (nSPS) is 17.8. The first-order valence-corrected chi connectivity index (χ1v) is 11.1. The lowest BCUT2D eigenvalue weighted by molar-refractivity contribution is -0.946. The van der Waals surface area contributed by atoms with Crippen LogP contribution in [0.15, 0.2) is 76.2 Å². The van der Waals surface area contributed by atoms with E-state index in [-0.39, 0.29) is 17.5 Å². The van der Waals surface area contributed by atoms with E-state index in [4.69, 9.17) is 16.0 Å². The summed E-state index contributed by atoms with van der Waals surface area (Å²) in [6.45, 7) is 2.02. The molecule has 2 aromatic carbocycles. The van der Waals surface area contributed by atoms with E-state index in [9.17, 15) is 8.42 Å². The van der Waals surface area contributed by atoms with Crippen LogP contribution in [0.5, 0.6) is 0 Å². The van der Waals surface area contributed by atoms with Crippen molar-refractivity contribution in [2.24, 2.45) is 0 Å². The van der Waals surface area contributed by atoms with Crippen LogP contribution in [0.2, 0.25) is 5.02 Å². The number of hydrogen-bond donors (Lipinski definition) is 2. The van der Waals surface area contributed by atoms with Crippen molar-refractivity contribution in [3.8, 4) is 0 Å². The van der Waals surface area contributed by atoms with Gasteiger partial charge in [-0.2, -0.15) is 0 Å². The van der Waals surface area contributed by atoms with Gasteiger partial charge in [0.05, 0.1) is 24.2 Å². The second-order valence-electron chi connectivity index (χ2n) is 6.98. The minimum Gasteiger partial charge on any atom is -0.463 e. The maximum Gasteiger partial charge on any atom is 0.240 e. The molecule has 28 heavy (non-hydrogen) atoms. The Morgan fingerprint density at radius 2 is 1.79 bits per heavy atom. The number of furan rings is 1. The van der Waals surface area contributed by atoms with E-state index in [0.717, 1.165) is 25.3 Å². The minimum absolute atomic E-state index is 0.106. The predicted octanol–water partition coefficient (Wildman–Crippen LogP) is 2.59. The number of halogens is 1. The number of quaternary nitrogens is 1. The smallest absolute Gasteiger partial charge is 0.240 e. The van der Waals surface area contributed by atoms with Crippen LogP contribution in [0.4, 0.5) is 0 Å². The molecule has 0 bridgehead atoms. The SMILES string of the molecule is O=S(=O)(NC[C@H](c1ccco1)[NH+]1CCc2ccccc2C1)c1ccc(Cl)cc1. The highest BCUT2D eigenvalue weighted by Crippen LogP contribution is 2.17. The summed E-state index contributed by atoms with van der Waals surface area (Å²) in [6, 6.07) is 18.2. The lowest BCUT2D eigenvalue weighted by Crippen LogP contribution is -3.12. The molecule has 0 fully saturated rings. The van der Waals surface area contributed by atoms with Crippen molar-refractivity contribution < 1.29 is 17.7 Å². The third-order valence-corrected chi connectivity index (χ3v) is 6.92. The number of hydrogen-bond acceptors (Lipinski definition) is 3. The number of fused-ring (bicyclic) bond motifs is 1. The molecule has 146 valence electrons. The first-order chi connectivity index (χ1) is 13.5. The molecule has 0 aliphatic carbocycles. The maximum atomic E-state index is 12.7. The Balaban J connectivity index is 1.54. The summed E-state index contributed by atoms with van der Waals surface area (Å²) in [6.07, 6.45) is 2.60. The standard InChI is InChI=1S/C21H21ClN2O3S/c22-18-7-9-19(10-8-18)28(25,26)23-14-20(21-6-3-13-27-21)24-12-11-16-4-1-2-5-17(16)15-24/h1-10,13,20,23H,11-12,14-15H2/p+1/t20-/m1/s1. The number of nitrogens with one attached hydrogen (secondary N) is 2. The van der Waals surface area contributed by atoms with Crippen LogP contribution < -0.4 is 9.62 Å². The molecule has 2 N–H and O–H groups in total. The highest BCUT2D eigenvalue weighted by Gasteiger charge is 2.31. The van der Waals surface area contributed by atoms with E-state index in [1.807, 2.05) is 18.2 Å². The van der Waals surface area contributed by atoms with Crippen molar-refractivity contribution in [2.45, 2.75) is 23.9 Å². The number of sulfonamides is 1. The van der Waals surface area contributed by atoms with Gasteiger partial charge in [0.2, 0.25) is 10.0 Å². The molecule has 0 radical (unpaired) electrons. The second kappa shape index (κ2) is 8.09. The molecule has 0 amide bonds. The van der Waals surface area contributed by atoms with Crippen molar-refractivity contribution >= 4 is 21.6 Å². The highest BCUT2D eigenvalue weighted by atomic mass is 35.5. The lowest BCUT2D eigenvalue weighted by Gasteiger charge is -2.31. The fourth-order valence-electron chi connectivity index (χ4n) is 3.73. The van der Waals surface area contributed by atoms with Gasteiger partial charge in [-0.05, 0) is 42.0 Å². The molecule has 0 saturated carbocycles. The Morgan fingerprint density at radius 1 is 1.04 bits per heavy atom. The summed E-state index contributed by atoms with van der Waals surface area (Å²) < 4.78 is 33.8. The van der Waals surface area contributed by atoms with Crippen LogP contribution in [0, 0.1) is 0 Å². The van der Waals surface area contributed by atoms with Gasteiger partial charge in [0.1, 0.15) is 6.54 Å². The summed E-state index contributed by atoms with van der Waals surface area (Å²) in [5.41, 5.74) is 2.67. The van der Waals surface area contributed by atoms with Crippen molar-refractivity contribution in [1.29, 1.82) is 0 Å². The molecule has 1 aromatic heterocycles. The fourth-order valence-corrected chi connectivity index (χ4v) is 4.90. The summed E-state index contributed by atoms with van der Waals surface area (Å²) >= 11 is 5.87. The Hall–Kier alpha value is -2.12. The molecule has 3 aromatic rings. The maximum absolute atomic E-state index is 12.7. The van der Waals surface area contributed by atoms with E-state index in [1.54, 1.807) is 18.4 Å². The van der Waals surface area contributed by atoms with Gasteiger partial charge in [-0.3, -0.25) is 0 Å². The average molecular weight is 418 g/mol. The molecule has 1 unspecified atom stereocenters. The zero-order chi connectivity index (χ0) is 19.6. The first-order valence-electron chi connectivity index (χ1n) is 9.23. The third-order valence-electron chi connectivity index (χ3n) is 5.23. The zero-order valence-electron chi connectivity index (χ0n) is 15.3. The molecule has 4 rings (SSSR count). The van der Waals surface area contributed by atoms with E-state index >= 15 is 0 Å².